The summed E-state index contributed by atoms with van der Waals surface area (Å²) in [5.74, 6) is 0. The Kier molecular flexibility index (Phi) is 2.71. The molecule has 0 bridgehead atoms. The molecule has 98 valence electrons. The molecule has 1 heterocycles. The number of nitrogens with two attached hydrogens (primary N) is 1. The molecule has 2 aromatic rings. The molecular formula is C14H14N2O2S. The summed E-state index contributed by atoms with van der Waals surface area (Å²) in [6.07, 6.45) is 0.738. The van der Waals surface area contributed by atoms with Gasteiger partial charge in [-0.3, -0.25) is 4.31 Å². The highest BCUT2D eigenvalue weighted by molar-refractivity contribution is 7.93. The monoisotopic (exact) mass is 274 g/mol. The molecule has 1 aliphatic rings. The van der Waals surface area contributed by atoms with Crippen molar-refractivity contribution >= 4 is 21.4 Å². The molecule has 0 saturated heterocycles. The van der Waals surface area contributed by atoms with E-state index in [9.17, 15) is 8.42 Å². The van der Waals surface area contributed by atoms with E-state index in [1.165, 1.54) is 4.31 Å². The zero-order valence-corrected chi connectivity index (χ0v) is 11.1. The molecular weight excluding hydrogens is 260 g/mol. The van der Waals surface area contributed by atoms with Crippen molar-refractivity contribution in [2.75, 3.05) is 16.6 Å². The van der Waals surface area contributed by atoms with Crippen LogP contribution in [-0.2, 0) is 16.4 Å². The number of fused-ring (bicyclic) bond motifs is 1. The number of para-hydroxylation sites is 2. The Morgan fingerprint density at radius 3 is 2.47 bits per heavy atom. The normalized spacial score (nSPS) is 14.4. The van der Waals surface area contributed by atoms with Gasteiger partial charge in [0, 0.05) is 6.54 Å². The fourth-order valence-corrected chi connectivity index (χ4v) is 4.01. The number of hydrogen-bond donors (Lipinski definition) is 1. The Balaban J connectivity index is 2.11. The van der Waals surface area contributed by atoms with Crippen molar-refractivity contribution in [3.8, 4) is 0 Å². The number of nitrogen functional groups attached to an aromatic ring is 1. The average Bonchev–Trinajstić information content (AvgIpc) is 2.83. The minimum atomic E-state index is -3.57. The first-order valence-corrected chi connectivity index (χ1v) is 7.50. The first-order valence-electron chi connectivity index (χ1n) is 6.06. The quantitative estimate of drug-likeness (QED) is 0.852. The van der Waals surface area contributed by atoms with Crippen LogP contribution in [0.15, 0.2) is 53.4 Å². The van der Waals surface area contributed by atoms with Crippen molar-refractivity contribution in [1.29, 1.82) is 0 Å². The molecule has 0 atom stereocenters. The third kappa shape index (κ3) is 1.86. The van der Waals surface area contributed by atoms with E-state index in [4.69, 9.17) is 5.73 Å². The predicted molar refractivity (Wildman–Crippen MR) is 75.5 cm³/mol. The molecule has 0 spiro atoms. The molecule has 5 heteroatoms. The highest BCUT2D eigenvalue weighted by atomic mass is 32.2. The number of sulfonamides is 1. The minimum Gasteiger partial charge on any atom is -0.398 e. The van der Waals surface area contributed by atoms with Gasteiger partial charge < -0.3 is 5.73 Å². The second-order valence-electron chi connectivity index (χ2n) is 4.49. The largest absolute Gasteiger partial charge is 0.398 e. The Labute approximate surface area is 112 Å². The van der Waals surface area contributed by atoms with Crippen molar-refractivity contribution in [2.45, 2.75) is 11.3 Å². The van der Waals surface area contributed by atoms with Crippen LogP contribution in [0.25, 0.3) is 0 Å². The Bertz CT molecular complexity index is 726. The molecule has 2 N–H and O–H groups in total. The summed E-state index contributed by atoms with van der Waals surface area (Å²) in [6, 6.07) is 14.1. The molecule has 19 heavy (non-hydrogen) atoms. The number of rotatable bonds is 2. The Morgan fingerprint density at radius 2 is 1.68 bits per heavy atom. The van der Waals surface area contributed by atoms with Gasteiger partial charge in [0.25, 0.3) is 10.0 Å². The fourth-order valence-electron chi connectivity index (χ4n) is 2.39. The molecule has 0 aliphatic carbocycles. The van der Waals surface area contributed by atoms with Gasteiger partial charge in [0.05, 0.1) is 11.4 Å². The van der Waals surface area contributed by atoms with Gasteiger partial charge in [-0.2, -0.15) is 0 Å². The molecule has 0 radical (unpaired) electrons. The second-order valence-corrected chi connectivity index (χ2v) is 6.32. The van der Waals surface area contributed by atoms with Crippen LogP contribution in [0, 0.1) is 0 Å². The number of anilines is 2. The lowest BCUT2D eigenvalue weighted by Gasteiger charge is -2.20. The summed E-state index contributed by atoms with van der Waals surface area (Å²) >= 11 is 0. The standard InChI is InChI=1S/C14H14N2O2S/c15-12-6-2-4-8-14(12)19(17,18)16-10-9-11-5-1-3-7-13(11)16/h1-8H,9-10,15H2. The van der Waals surface area contributed by atoms with Crippen LogP contribution in [0.5, 0.6) is 0 Å². The van der Waals surface area contributed by atoms with Crippen LogP contribution in [-0.4, -0.2) is 15.0 Å². The summed E-state index contributed by atoms with van der Waals surface area (Å²) in [4.78, 5) is 0.173. The summed E-state index contributed by atoms with van der Waals surface area (Å²) in [7, 11) is -3.57. The van der Waals surface area contributed by atoms with Crippen LogP contribution in [0.1, 0.15) is 5.56 Å². The number of benzene rings is 2. The van der Waals surface area contributed by atoms with Crippen molar-refractivity contribution in [3.05, 3.63) is 54.1 Å². The van der Waals surface area contributed by atoms with Gasteiger partial charge in [0.15, 0.2) is 0 Å². The third-order valence-electron chi connectivity index (χ3n) is 3.33. The minimum absolute atomic E-state index is 0.173. The maximum Gasteiger partial charge on any atom is 0.266 e. The van der Waals surface area contributed by atoms with Gasteiger partial charge in [-0.25, -0.2) is 8.42 Å². The maximum absolute atomic E-state index is 12.7. The molecule has 0 amide bonds. The van der Waals surface area contributed by atoms with E-state index in [0.717, 1.165) is 17.7 Å². The molecule has 2 aromatic carbocycles. The molecule has 0 unspecified atom stereocenters. The van der Waals surface area contributed by atoms with E-state index in [0.29, 0.717) is 6.54 Å². The second kappa shape index (κ2) is 4.28. The van der Waals surface area contributed by atoms with Crippen molar-refractivity contribution in [1.82, 2.24) is 0 Å². The summed E-state index contributed by atoms with van der Waals surface area (Å²) in [6.45, 7) is 0.468. The van der Waals surface area contributed by atoms with Gasteiger partial charge in [0.2, 0.25) is 0 Å². The lowest BCUT2D eigenvalue weighted by molar-refractivity contribution is 0.592. The maximum atomic E-state index is 12.7. The van der Waals surface area contributed by atoms with Crippen molar-refractivity contribution in [2.24, 2.45) is 0 Å². The highest BCUT2D eigenvalue weighted by Crippen LogP contribution is 2.33. The zero-order valence-electron chi connectivity index (χ0n) is 10.3. The van der Waals surface area contributed by atoms with E-state index in [1.54, 1.807) is 24.3 Å². The van der Waals surface area contributed by atoms with Gasteiger partial charge >= 0.3 is 0 Å². The summed E-state index contributed by atoms with van der Waals surface area (Å²) in [5, 5.41) is 0. The van der Waals surface area contributed by atoms with Gasteiger partial charge in [0.1, 0.15) is 4.90 Å². The summed E-state index contributed by atoms with van der Waals surface area (Å²) in [5.41, 5.74) is 7.88. The fraction of sp³-hybridized carbons (Fsp3) is 0.143. The predicted octanol–water partition coefficient (Wildman–Crippen LogP) is 2.02. The Morgan fingerprint density at radius 1 is 1.00 bits per heavy atom. The first kappa shape index (κ1) is 12.0. The van der Waals surface area contributed by atoms with E-state index in [-0.39, 0.29) is 10.6 Å². The topological polar surface area (TPSA) is 63.4 Å². The SMILES string of the molecule is Nc1ccccc1S(=O)(=O)N1CCc2ccccc21. The zero-order chi connectivity index (χ0) is 13.5. The number of hydrogen-bond acceptors (Lipinski definition) is 3. The highest BCUT2D eigenvalue weighted by Gasteiger charge is 2.31. The Hall–Kier alpha value is -2.01. The third-order valence-corrected chi connectivity index (χ3v) is 5.22. The van der Waals surface area contributed by atoms with E-state index in [2.05, 4.69) is 0 Å². The van der Waals surface area contributed by atoms with Crippen LogP contribution < -0.4 is 10.0 Å². The van der Waals surface area contributed by atoms with Crippen LogP contribution >= 0.6 is 0 Å². The van der Waals surface area contributed by atoms with Crippen LogP contribution in [0.2, 0.25) is 0 Å². The molecule has 3 rings (SSSR count). The first-order chi connectivity index (χ1) is 9.10. The van der Waals surface area contributed by atoms with E-state index >= 15 is 0 Å². The van der Waals surface area contributed by atoms with E-state index in [1.807, 2.05) is 24.3 Å². The lowest BCUT2D eigenvalue weighted by atomic mass is 10.2. The molecule has 0 aromatic heterocycles. The smallest absolute Gasteiger partial charge is 0.266 e. The van der Waals surface area contributed by atoms with Crippen molar-refractivity contribution < 1.29 is 8.42 Å². The van der Waals surface area contributed by atoms with Gasteiger partial charge in [-0.1, -0.05) is 30.3 Å². The van der Waals surface area contributed by atoms with Crippen LogP contribution in [0.4, 0.5) is 11.4 Å². The molecule has 0 fully saturated rings. The number of nitrogens with zero attached hydrogens (tertiary/aromatic N) is 1. The molecule has 4 nitrogen and oxygen atoms in total. The average molecular weight is 274 g/mol. The van der Waals surface area contributed by atoms with Crippen LogP contribution in [0.3, 0.4) is 0 Å². The van der Waals surface area contributed by atoms with Crippen molar-refractivity contribution in [3.63, 3.8) is 0 Å². The van der Waals surface area contributed by atoms with Gasteiger partial charge in [-0.05, 0) is 30.2 Å². The molecule has 0 saturated carbocycles. The van der Waals surface area contributed by atoms with Gasteiger partial charge in [-0.15, -0.1) is 0 Å². The lowest BCUT2D eigenvalue weighted by Crippen LogP contribution is -2.29. The van der Waals surface area contributed by atoms with E-state index < -0.39 is 10.0 Å². The molecule has 1 aliphatic heterocycles. The summed E-state index contributed by atoms with van der Waals surface area (Å²) < 4.78 is 26.8.